The Bertz CT molecular complexity index is 517. The van der Waals surface area contributed by atoms with Crippen molar-refractivity contribution in [2.24, 2.45) is 0 Å². The minimum Gasteiger partial charge on any atom is -0.349 e. The Labute approximate surface area is 95.5 Å². The van der Waals surface area contributed by atoms with Crippen LogP contribution in [0.15, 0.2) is 42.5 Å². The molecule has 16 heavy (non-hydrogen) atoms. The van der Waals surface area contributed by atoms with E-state index in [1.165, 1.54) is 10.8 Å². The summed E-state index contributed by atoms with van der Waals surface area (Å²) in [5, 5.41) is 2.40. The van der Waals surface area contributed by atoms with Crippen LogP contribution in [0.5, 0.6) is 0 Å². The quantitative estimate of drug-likeness (QED) is 0.750. The molecule has 2 aromatic rings. The van der Waals surface area contributed by atoms with E-state index in [-0.39, 0.29) is 5.91 Å². The Hall–Kier alpha value is -1.83. The molecular formula is C14H15NO. The first-order valence-electron chi connectivity index (χ1n) is 5.34. The van der Waals surface area contributed by atoms with Gasteiger partial charge < -0.3 is 4.90 Å². The normalized spacial score (nSPS) is 10.4. The van der Waals surface area contributed by atoms with E-state index in [9.17, 15) is 4.79 Å². The van der Waals surface area contributed by atoms with Crippen LogP contribution >= 0.6 is 0 Å². The molecule has 0 N–H and O–H groups in total. The average Bonchev–Trinajstić information content (AvgIpc) is 2.28. The summed E-state index contributed by atoms with van der Waals surface area (Å²) in [6.45, 7) is 0. The van der Waals surface area contributed by atoms with E-state index in [0.717, 1.165) is 5.56 Å². The lowest BCUT2D eigenvalue weighted by atomic mass is 10.0. The molecule has 0 atom stereocenters. The minimum atomic E-state index is 0.135. The van der Waals surface area contributed by atoms with Crippen molar-refractivity contribution in [3.8, 4) is 0 Å². The second-order valence-corrected chi connectivity index (χ2v) is 4.15. The first-order valence-corrected chi connectivity index (χ1v) is 5.34. The molecule has 2 heteroatoms. The highest BCUT2D eigenvalue weighted by Crippen LogP contribution is 2.16. The number of fused-ring (bicyclic) bond motifs is 1. The second-order valence-electron chi connectivity index (χ2n) is 4.15. The number of hydrogen-bond acceptors (Lipinski definition) is 1. The van der Waals surface area contributed by atoms with Crippen LogP contribution in [0, 0.1) is 0 Å². The van der Waals surface area contributed by atoms with E-state index in [2.05, 4.69) is 24.3 Å². The van der Waals surface area contributed by atoms with Crippen LogP contribution < -0.4 is 0 Å². The van der Waals surface area contributed by atoms with Gasteiger partial charge in [-0.25, -0.2) is 0 Å². The van der Waals surface area contributed by atoms with E-state index in [1.54, 1.807) is 19.0 Å². The van der Waals surface area contributed by atoms with E-state index in [4.69, 9.17) is 0 Å². The summed E-state index contributed by atoms with van der Waals surface area (Å²) in [5.41, 5.74) is 1.07. The lowest BCUT2D eigenvalue weighted by Gasteiger charge is -2.10. The van der Waals surface area contributed by atoms with Crippen LogP contribution in [-0.4, -0.2) is 24.9 Å². The molecule has 0 aliphatic carbocycles. The summed E-state index contributed by atoms with van der Waals surface area (Å²) in [6.07, 6.45) is 0.470. The van der Waals surface area contributed by atoms with Crippen LogP contribution in [0.1, 0.15) is 5.56 Å². The van der Waals surface area contributed by atoms with Crippen molar-refractivity contribution in [2.45, 2.75) is 6.42 Å². The van der Waals surface area contributed by atoms with Gasteiger partial charge in [-0.2, -0.15) is 0 Å². The van der Waals surface area contributed by atoms with Gasteiger partial charge in [-0.15, -0.1) is 0 Å². The van der Waals surface area contributed by atoms with Gasteiger partial charge >= 0.3 is 0 Å². The first-order chi connectivity index (χ1) is 7.66. The molecule has 1 amide bonds. The van der Waals surface area contributed by atoms with Gasteiger partial charge in [0, 0.05) is 14.1 Å². The van der Waals surface area contributed by atoms with Gasteiger partial charge in [-0.1, -0.05) is 42.5 Å². The molecular weight excluding hydrogens is 198 g/mol. The van der Waals surface area contributed by atoms with Gasteiger partial charge in [-0.05, 0) is 16.3 Å². The summed E-state index contributed by atoms with van der Waals surface area (Å²) in [5.74, 6) is 0.135. The molecule has 82 valence electrons. The maximum atomic E-state index is 11.6. The summed E-state index contributed by atoms with van der Waals surface area (Å²) in [4.78, 5) is 13.2. The summed E-state index contributed by atoms with van der Waals surface area (Å²) in [6, 6.07) is 14.3. The zero-order valence-corrected chi connectivity index (χ0v) is 9.60. The highest BCUT2D eigenvalue weighted by molar-refractivity contribution is 5.85. The Balaban J connectivity index is 2.29. The van der Waals surface area contributed by atoms with Crippen molar-refractivity contribution in [1.82, 2.24) is 4.90 Å². The largest absolute Gasteiger partial charge is 0.349 e. The SMILES string of the molecule is CN(C)C(=O)Cc1ccc2ccccc2c1. The molecule has 2 aromatic carbocycles. The minimum absolute atomic E-state index is 0.135. The monoisotopic (exact) mass is 213 g/mol. The highest BCUT2D eigenvalue weighted by Gasteiger charge is 2.05. The van der Waals surface area contributed by atoms with Crippen molar-refractivity contribution >= 4 is 16.7 Å². The van der Waals surface area contributed by atoms with Crippen LogP contribution in [0.3, 0.4) is 0 Å². The lowest BCUT2D eigenvalue weighted by molar-refractivity contribution is -0.127. The van der Waals surface area contributed by atoms with Crippen molar-refractivity contribution < 1.29 is 4.79 Å². The number of carbonyl (C=O) groups is 1. The highest BCUT2D eigenvalue weighted by atomic mass is 16.2. The Morgan fingerprint density at radius 1 is 1.06 bits per heavy atom. The van der Waals surface area contributed by atoms with Crippen molar-refractivity contribution in [2.75, 3.05) is 14.1 Å². The second kappa shape index (κ2) is 4.35. The number of rotatable bonds is 2. The molecule has 0 radical (unpaired) electrons. The lowest BCUT2D eigenvalue weighted by Crippen LogP contribution is -2.23. The summed E-state index contributed by atoms with van der Waals surface area (Å²) < 4.78 is 0. The Morgan fingerprint density at radius 3 is 2.44 bits per heavy atom. The number of hydrogen-bond donors (Lipinski definition) is 0. The number of benzene rings is 2. The number of likely N-dealkylation sites (N-methyl/N-ethyl adjacent to an activating group) is 1. The average molecular weight is 213 g/mol. The van der Waals surface area contributed by atoms with Gasteiger partial charge in [-0.3, -0.25) is 4.79 Å². The predicted octanol–water partition coefficient (Wildman–Crippen LogP) is 2.47. The van der Waals surface area contributed by atoms with Gasteiger partial charge in [0.05, 0.1) is 6.42 Å². The van der Waals surface area contributed by atoms with Crippen molar-refractivity contribution in [3.05, 3.63) is 48.0 Å². The predicted molar refractivity (Wildman–Crippen MR) is 66.3 cm³/mol. The first kappa shape index (κ1) is 10.7. The van der Waals surface area contributed by atoms with Gasteiger partial charge in [0.2, 0.25) is 5.91 Å². The molecule has 0 saturated carbocycles. The fourth-order valence-electron chi connectivity index (χ4n) is 1.68. The number of nitrogens with zero attached hydrogens (tertiary/aromatic N) is 1. The van der Waals surface area contributed by atoms with Gasteiger partial charge in [0.25, 0.3) is 0 Å². The Morgan fingerprint density at radius 2 is 1.75 bits per heavy atom. The zero-order valence-electron chi connectivity index (χ0n) is 9.60. The molecule has 0 bridgehead atoms. The third-order valence-electron chi connectivity index (χ3n) is 2.67. The van der Waals surface area contributed by atoms with Gasteiger partial charge in [0.15, 0.2) is 0 Å². The van der Waals surface area contributed by atoms with Gasteiger partial charge in [0.1, 0.15) is 0 Å². The van der Waals surface area contributed by atoms with Crippen LogP contribution in [-0.2, 0) is 11.2 Å². The number of carbonyl (C=O) groups excluding carboxylic acids is 1. The van der Waals surface area contributed by atoms with E-state index in [1.807, 2.05) is 18.2 Å². The smallest absolute Gasteiger partial charge is 0.226 e. The fourth-order valence-corrected chi connectivity index (χ4v) is 1.68. The fraction of sp³-hybridized carbons (Fsp3) is 0.214. The van der Waals surface area contributed by atoms with E-state index in [0.29, 0.717) is 6.42 Å². The molecule has 0 aliphatic rings. The van der Waals surface area contributed by atoms with Crippen LogP contribution in [0.4, 0.5) is 0 Å². The molecule has 0 heterocycles. The van der Waals surface area contributed by atoms with E-state index < -0.39 is 0 Å². The number of amides is 1. The molecule has 0 saturated heterocycles. The molecule has 0 aliphatic heterocycles. The Kier molecular flexibility index (Phi) is 2.91. The third-order valence-corrected chi connectivity index (χ3v) is 2.67. The van der Waals surface area contributed by atoms with Crippen LogP contribution in [0.2, 0.25) is 0 Å². The summed E-state index contributed by atoms with van der Waals surface area (Å²) >= 11 is 0. The molecule has 2 rings (SSSR count). The summed E-state index contributed by atoms with van der Waals surface area (Å²) in [7, 11) is 3.56. The van der Waals surface area contributed by atoms with Crippen LogP contribution in [0.25, 0.3) is 10.8 Å². The maximum Gasteiger partial charge on any atom is 0.226 e. The zero-order chi connectivity index (χ0) is 11.5. The van der Waals surface area contributed by atoms with Crippen molar-refractivity contribution in [3.63, 3.8) is 0 Å². The molecule has 0 fully saturated rings. The standard InChI is InChI=1S/C14H15NO/c1-15(2)14(16)10-11-7-8-12-5-3-4-6-13(12)9-11/h3-9H,10H2,1-2H3. The maximum absolute atomic E-state index is 11.6. The third kappa shape index (κ3) is 2.22. The molecule has 2 nitrogen and oxygen atoms in total. The molecule has 0 unspecified atom stereocenters. The van der Waals surface area contributed by atoms with Crippen molar-refractivity contribution in [1.29, 1.82) is 0 Å². The van der Waals surface area contributed by atoms with E-state index >= 15 is 0 Å². The molecule has 0 aromatic heterocycles. The molecule has 0 spiro atoms. The topological polar surface area (TPSA) is 20.3 Å².